The van der Waals surface area contributed by atoms with Gasteiger partial charge in [-0.15, -0.1) is 11.3 Å². The minimum Gasteiger partial charge on any atom is -0.461 e. The van der Waals surface area contributed by atoms with Gasteiger partial charge in [-0.05, 0) is 58.7 Å². The number of aryl methyl sites for hydroxylation is 2. The summed E-state index contributed by atoms with van der Waals surface area (Å²) in [5.74, 6) is 0.279. The molecule has 26 heavy (non-hydrogen) atoms. The molecule has 1 saturated heterocycles. The van der Waals surface area contributed by atoms with Crippen molar-refractivity contribution >= 4 is 27.5 Å². The van der Waals surface area contributed by atoms with E-state index < -0.39 is 0 Å². The van der Waals surface area contributed by atoms with Crippen LogP contribution in [-0.2, 0) is 22.6 Å². The van der Waals surface area contributed by atoms with E-state index in [9.17, 15) is 9.59 Å². The molecule has 2 aromatic rings. The fourth-order valence-corrected chi connectivity index (χ4v) is 4.31. The largest absolute Gasteiger partial charge is 0.461 e. The second kappa shape index (κ2) is 7.88. The Bertz CT molecular complexity index is 865. The van der Waals surface area contributed by atoms with E-state index in [2.05, 4.69) is 4.90 Å². The minimum absolute atomic E-state index is 0.0797. The van der Waals surface area contributed by atoms with Crippen molar-refractivity contribution in [3.63, 3.8) is 0 Å². The van der Waals surface area contributed by atoms with Crippen LogP contribution in [0.15, 0.2) is 4.79 Å². The molecule has 7 heteroatoms. The predicted molar refractivity (Wildman–Crippen MR) is 104 cm³/mol. The monoisotopic (exact) mass is 377 g/mol. The molecule has 0 radical (unpaired) electrons. The number of aromatic nitrogens is 2. The number of ether oxygens (including phenoxy) is 1. The second-order valence-electron chi connectivity index (χ2n) is 7.07. The van der Waals surface area contributed by atoms with Gasteiger partial charge in [0.1, 0.15) is 17.2 Å². The number of carbonyl (C=O) groups excluding carboxylic acids is 1. The first kappa shape index (κ1) is 19.0. The van der Waals surface area contributed by atoms with Crippen molar-refractivity contribution in [3.05, 3.63) is 26.6 Å². The van der Waals surface area contributed by atoms with Gasteiger partial charge in [-0.3, -0.25) is 19.1 Å². The lowest BCUT2D eigenvalue weighted by atomic mass is 10.2. The van der Waals surface area contributed by atoms with Gasteiger partial charge in [0.2, 0.25) is 0 Å². The smallest absolute Gasteiger partial charge is 0.326 e. The Morgan fingerprint density at radius 2 is 2.00 bits per heavy atom. The highest BCUT2D eigenvalue weighted by atomic mass is 32.1. The van der Waals surface area contributed by atoms with Crippen LogP contribution in [0.4, 0.5) is 0 Å². The van der Waals surface area contributed by atoms with Crippen LogP contribution < -0.4 is 5.56 Å². The zero-order chi connectivity index (χ0) is 18.8. The first-order valence-corrected chi connectivity index (χ1v) is 10.1. The molecule has 142 valence electrons. The fraction of sp³-hybridized carbons (Fsp3) is 0.632. The average Bonchev–Trinajstić information content (AvgIpc) is 3.19. The molecule has 1 aliphatic rings. The summed E-state index contributed by atoms with van der Waals surface area (Å²) in [6.07, 6.45) is 2.93. The van der Waals surface area contributed by atoms with E-state index in [1.807, 2.05) is 27.7 Å². The van der Waals surface area contributed by atoms with Crippen molar-refractivity contribution in [2.45, 2.75) is 66.2 Å². The molecule has 0 amide bonds. The van der Waals surface area contributed by atoms with Gasteiger partial charge in [0.25, 0.3) is 5.56 Å². The number of likely N-dealkylation sites (tertiary alicyclic amines) is 1. The fourth-order valence-electron chi connectivity index (χ4n) is 3.27. The molecule has 3 heterocycles. The Hall–Kier alpha value is -1.73. The Balaban J connectivity index is 2.01. The molecule has 0 spiro atoms. The van der Waals surface area contributed by atoms with Gasteiger partial charge in [-0.2, -0.15) is 0 Å². The zero-order valence-electron chi connectivity index (χ0n) is 16.0. The highest BCUT2D eigenvalue weighted by molar-refractivity contribution is 7.18. The van der Waals surface area contributed by atoms with Gasteiger partial charge in [-0.25, -0.2) is 4.98 Å². The van der Waals surface area contributed by atoms with Crippen molar-refractivity contribution in [1.82, 2.24) is 14.5 Å². The lowest BCUT2D eigenvalue weighted by molar-refractivity contribution is -0.149. The van der Waals surface area contributed by atoms with Crippen LogP contribution in [0, 0.1) is 13.8 Å². The average molecular weight is 378 g/mol. The summed E-state index contributed by atoms with van der Waals surface area (Å²) >= 11 is 1.55. The number of fused-ring (bicyclic) bond motifs is 1. The first-order chi connectivity index (χ1) is 12.4. The molecule has 6 nitrogen and oxygen atoms in total. The predicted octanol–water partition coefficient (Wildman–Crippen LogP) is 3.01. The van der Waals surface area contributed by atoms with Crippen LogP contribution in [0.2, 0.25) is 0 Å². The van der Waals surface area contributed by atoms with Crippen LogP contribution in [0.25, 0.3) is 10.2 Å². The molecule has 1 atom stereocenters. The summed E-state index contributed by atoms with van der Waals surface area (Å²) in [6.45, 7) is 10.3. The summed E-state index contributed by atoms with van der Waals surface area (Å²) in [5.41, 5.74) is 0.825. The van der Waals surface area contributed by atoms with E-state index in [1.165, 1.54) is 17.4 Å². The van der Waals surface area contributed by atoms with E-state index >= 15 is 0 Å². The number of thiophene rings is 1. The zero-order valence-corrected chi connectivity index (χ0v) is 16.8. The summed E-state index contributed by atoms with van der Waals surface area (Å²) in [4.78, 5) is 34.4. The molecule has 1 fully saturated rings. The molecule has 1 aliphatic heterocycles. The van der Waals surface area contributed by atoms with Gasteiger partial charge >= 0.3 is 5.97 Å². The lowest BCUT2D eigenvalue weighted by Gasteiger charge is -2.18. The molecular formula is C19H27N3O3S. The van der Waals surface area contributed by atoms with Crippen LogP contribution >= 0.6 is 11.3 Å². The maximum Gasteiger partial charge on any atom is 0.326 e. The maximum absolute atomic E-state index is 13.2. The Labute approximate surface area is 157 Å². The lowest BCUT2D eigenvalue weighted by Crippen LogP contribution is -2.33. The van der Waals surface area contributed by atoms with Gasteiger partial charge < -0.3 is 4.74 Å². The molecule has 0 aromatic carbocycles. The number of rotatable bonds is 6. The van der Waals surface area contributed by atoms with Crippen molar-refractivity contribution in [3.8, 4) is 0 Å². The van der Waals surface area contributed by atoms with Crippen LogP contribution in [0.5, 0.6) is 0 Å². The molecule has 0 bridgehead atoms. The molecule has 2 aromatic heterocycles. The van der Waals surface area contributed by atoms with E-state index in [0.29, 0.717) is 17.8 Å². The van der Waals surface area contributed by atoms with E-state index in [0.717, 1.165) is 34.8 Å². The molecular weight excluding hydrogens is 350 g/mol. The number of esters is 1. The molecule has 0 saturated carbocycles. The van der Waals surface area contributed by atoms with Gasteiger partial charge in [0.15, 0.2) is 0 Å². The highest BCUT2D eigenvalue weighted by Crippen LogP contribution is 2.26. The normalized spacial score (nSPS) is 16.3. The number of carbonyl (C=O) groups is 1. The number of nitrogens with zero attached hydrogens (tertiary/aromatic N) is 3. The van der Waals surface area contributed by atoms with Crippen LogP contribution in [-0.4, -0.2) is 39.6 Å². The molecule has 3 rings (SSSR count). The van der Waals surface area contributed by atoms with E-state index in [1.54, 1.807) is 11.3 Å². The Morgan fingerprint density at radius 1 is 1.31 bits per heavy atom. The van der Waals surface area contributed by atoms with Gasteiger partial charge in [0.05, 0.1) is 18.0 Å². The van der Waals surface area contributed by atoms with E-state index in [-0.39, 0.29) is 24.2 Å². The first-order valence-electron chi connectivity index (χ1n) is 9.32. The Morgan fingerprint density at radius 3 is 2.65 bits per heavy atom. The topological polar surface area (TPSA) is 64.4 Å². The third-order valence-electron chi connectivity index (χ3n) is 5.13. The molecule has 1 unspecified atom stereocenters. The number of hydrogen-bond donors (Lipinski definition) is 0. The number of hydrogen-bond acceptors (Lipinski definition) is 6. The Kier molecular flexibility index (Phi) is 5.77. The third kappa shape index (κ3) is 3.83. The summed E-state index contributed by atoms with van der Waals surface area (Å²) < 4.78 is 6.91. The van der Waals surface area contributed by atoms with Crippen molar-refractivity contribution in [2.24, 2.45) is 0 Å². The van der Waals surface area contributed by atoms with Gasteiger partial charge in [-0.1, -0.05) is 6.92 Å². The SMILES string of the molecule is CCC(C)OC(=O)Cn1c(CN2CCCC2)nc2sc(C)c(C)c2c1=O. The summed E-state index contributed by atoms with van der Waals surface area (Å²) in [6, 6.07) is 0. The highest BCUT2D eigenvalue weighted by Gasteiger charge is 2.22. The standard InChI is InChI=1S/C19H27N3O3S/c1-5-12(2)25-16(23)11-22-15(10-21-8-6-7-9-21)20-18-17(19(22)24)13(3)14(4)26-18/h12H,5-11H2,1-4H3. The third-order valence-corrected chi connectivity index (χ3v) is 6.23. The van der Waals surface area contributed by atoms with Crippen molar-refractivity contribution < 1.29 is 9.53 Å². The van der Waals surface area contributed by atoms with E-state index in [4.69, 9.17) is 9.72 Å². The van der Waals surface area contributed by atoms with Crippen molar-refractivity contribution in [2.75, 3.05) is 13.1 Å². The summed E-state index contributed by atoms with van der Waals surface area (Å²) in [5, 5.41) is 0.633. The van der Waals surface area contributed by atoms with Crippen LogP contribution in [0.3, 0.4) is 0 Å². The van der Waals surface area contributed by atoms with Gasteiger partial charge in [0, 0.05) is 4.88 Å². The molecule has 0 N–H and O–H groups in total. The molecule has 0 aliphatic carbocycles. The quantitative estimate of drug-likeness (QED) is 0.724. The maximum atomic E-state index is 13.2. The summed E-state index contributed by atoms with van der Waals surface area (Å²) in [7, 11) is 0. The van der Waals surface area contributed by atoms with Crippen LogP contribution in [0.1, 0.15) is 49.4 Å². The second-order valence-corrected chi connectivity index (χ2v) is 8.28. The van der Waals surface area contributed by atoms with Crippen molar-refractivity contribution in [1.29, 1.82) is 0 Å². The minimum atomic E-state index is -0.380.